The Labute approximate surface area is 335 Å². The highest BCUT2D eigenvalue weighted by atomic mass is 32.1. The Balaban J connectivity index is 1.68. The summed E-state index contributed by atoms with van der Waals surface area (Å²) in [6.07, 6.45) is 3.01. The number of amides is 4. The molecule has 5 atom stereocenters. The van der Waals surface area contributed by atoms with Gasteiger partial charge in [0.15, 0.2) is 0 Å². The lowest BCUT2D eigenvalue weighted by Crippen LogP contribution is -2.48. The molecule has 0 radical (unpaired) electrons. The number of thiazole rings is 1. The van der Waals surface area contributed by atoms with Gasteiger partial charge < -0.3 is 40.0 Å². The van der Waals surface area contributed by atoms with Gasteiger partial charge in [0.2, 0.25) is 11.8 Å². The minimum atomic E-state index is -0.867. The fourth-order valence-electron chi connectivity index (χ4n) is 6.60. The monoisotopic (exact) mass is 804 g/mol. The first kappa shape index (κ1) is 46.6. The van der Waals surface area contributed by atoms with Crippen molar-refractivity contribution < 1.29 is 43.2 Å². The van der Waals surface area contributed by atoms with Crippen LogP contribution in [-0.4, -0.2) is 104 Å². The molecule has 2 aromatic rings. The molecule has 16 heteroatoms. The van der Waals surface area contributed by atoms with Crippen molar-refractivity contribution in [3.05, 3.63) is 45.4 Å². The number of carbonyl (C=O) groups is 4. The van der Waals surface area contributed by atoms with E-state index >= 15 is 0 Å². The van der Waals surface area contributed by atoms with Gasteiger partial charge in [-0.3, -0.25) is 19.8 Å². The molecule has 0 spiro atoms. The number of carbonyl (C=O) groups excluding carboxylic acids is 4. The number of phenols is 1. The number of benzene rings is 1. The van der Waals surface area contributed by atoms with Gasteiger partial charge in [0, 0.05) is 50.0 Å². The molecule has 0 fully saturated rings. The zero-order valence-electron chi connectivity index (χ0n) is 34.0. The lowest BCUT2D eigenvalue weighted by Gasteiger charge is -2.37. The lowest BCUT2D eigenvalue weighted by atomic mass is 9.79. The summed E-state index contributed by atoms with van der Waals surface area (Å²) in [5.74, 6) is -1.09. The van der Waals surface area contributed by atoms with E-state index in [1.807, 2.05) is 11.8 Å². The second kappa shape index (κ2) is 24.7. The number of fused-ring (bicyclic) bond motifs is 1. The first-order valence-electron chi connectivity index (χ1n) is 20.0. The Kier molecular flexibility index (Phi) is 20.6. The van der Waals surface area contributed by atoms with Crippen molar-refractivity contribution >= 4 is 35.2 Å². The zero-order chi connectivity index (χ0) is 41.0. The Bertz CT molecular complexity index is 1520. The van der Waals surface area contributed by atoms with E-state index in [4.69, 9.17) is 29.7 Å². The normalized spacial score (nSPS) is 16.7. The number of phenolic OH excluding ortho intramolecular Hbond substituents is 1. The number of nitrogens with one attached hydrogen (secondary N) is 3. The first-order chi connectivity index (χ1) is 26.9. The molecular weight excluding hydrogens is 741 g/mol. The molecule has 56 heavy (non-hydrogen) atoms. The molecule has 0 saturated carbocycles. The molecule has 0 bridgehead atoms. The highest BCUT2D eigenvalue weighted by molar-refractivity contribution is 7.09. The quantitative estimate of drug-likeness (QED) is 0.0707. The highest BCUT2D eigenvalue weighted by Gasteiger charge is 2.35. The Morgan fingerprint density at radius 2 is 1.73 bits per heavy atom. The molecule has 1 aromatic carbocycles. The molecule has 1 aromatic heterocycles. The van der Waals surface area contributed by atoms with Crippen LogP contribution in [0.15, 0.2) is 23.6 Å². The van der Waals surface area contributed by atoms with E-state index in [0.29, 0.717) is 75.3 Å². The van der Waals surface area contributed by atoms with Crippen LogP contribution in [-0.2, 0) is 35.0 Å². The number of nitrogens with zero attached hydrogens (tertiary/aromatic N) is 2. The SMILES string of the molecule is CCCO[C@H](CC(C(C)C)N(CCC)C(=O)C[C@@H](C)CC)c1nc(C(=O)N[C@H]2Cc3ccc(O)cc3[C@H](C(=O)NNC(=O)OCCOCCOCCN)C2)cs1. The van der Waals surface area contributed by atoms with Crippen LogP contribution in [0.4, 0.5) is 4.79 Å². The summed E-state index contributed by atoms with van der Waals surface area (Å²) >= 11 is 1.35. The fourth-order valence-corrected chi connectivity index (χ4v) is 7.46. The van der Waals surface area contributed by atoms with E-state index in [1.54, 1.807) is 11.4 Å². The Hall–Kier alpha value is -3.83. The number of aromatic nitrogens is 1. The molecule has 314 valence electrons. The summed E-state index contributed by atoms with van der Waals surface area (Å²) in [6, 6.07) is 4.27. The molecule has 15 nitrogen and oxygen atoms in total. The van der Waals surface area contributed by atoms with Gasteiger partial charge in [-0.25, -0.2) is 15.2 Å². The molecule has 1 aliphatic carbocycles. The van der Waals surface area contributed by atoms with Crippen molar-refractivity contribution in [2.45, 2.75) is 111 Å². The lowest BCUT2D eigenvalue weighted by molar-refractivity contribution is -0.136. The summed E-state index contributed by atoms with van der Waals surface area (Å²) < 4.78 is 22.0. The molecule has 0 aliphatic heterocycles. The molecule has 6 N–H and O–H groups in total. The van der Waals surface area contributed by atoms with Gasteiger partial charge in [-0.1, -0.05) is 54.0 Å². The van der Waals surface area contributed by atoms with Crippen LogP contribution in [0.25, 0.3) is 0 Å². The van der Waals surface area contributed by atoms with E-state index in [0.717, 1.165) is 24.8 Å². The van der Waals surface area contributed by atoms with Crippen LogP contribution >= 0.6 is 11.3 Å². The molecule has 1 aliphatic rings. The van der Waals surface area contributed by atoms with Crippen LogP contribution in [0.5, 0.6) is 5.75 Å². The van der Waals surface area contributed by atoms with Crippen LogP contribution in [0, 0.1) is 11.8 Å². The third-order valence-corrected chi connectivity index (χ3v) is 10.6. The molecule has 0 saturated heterocycles. The number of nitrogens with two attached hydrogens (primary N) is 1. The molecule has 1 heterocycles. The van der Waals surface area contributed by atoms with Crippen molar-refractivity contribution in [1.82, 2.24) is 26.1 Å². The third kappa shape index (κ3) is 14.9. The second-order valence-electron chi connectivity index (χ2n) is 14.6. The predicted octanol–water partition coefficient (Wildman–Crippen LogP) is 4.98. The van der Waals surface area contributed by atoms with Gasteiger partial charge in [-0.15, -0.1) is 11.3 Å². The second-order valence-corrected chi connectivity index (χ2v) is 15.5. The maximum atomic E-state index is 13.7. The van der Waals surface area contributed by atoms with Crippen LogP contribution in [0.2, 0.25) is 0 Å². The number of hydrazine groups is 1. The number of hydrogen-bond donors (Lipinski definition) is 5. The fraction of sp³-hybridized carbons (Fsp3) is 0.675. The van der Waals surface area contributed by atoms with Crippen molar-refractivity contribution in [1.29, 1.82) is 0 Å². The van der Waals surface area contributed by atoms with Crippen LogP contribution in [0.3, 0.4) is 0 Å². The molecule has 1 unspecified atom stereocenters. The summed E-state index contributed by atoms with van der Waals surface area (Å²) in [6.45, 7) is 15.4. The number of rotatable bonds is 24. The average Bonchev–Trinajstić information content (AvgIpc) is 3.67. The van der Waals surface area contributed by atoms with Crippen molar-refractivity contribution in [2.24, 2.45) is 17.6 Å². The van der Waals surface area contributed by atoms with Gasteiger partial charge in [0.05, 0.1) is 32.3 Å². The van der Waals surface area contributed by atoms with E-state index in [9.17, 15) is 24.3 Å². The van der Waals surface area contributed by atoms with Crippen molar-refractivity contribution in [3.63, 3.8) is 0 Å². The minimum Gasteiger partial charge on any atom is -0.508 e. The maximum absolute atomic E-state index is 13.7. The molecule has 4 amide bonds. The third-order valence-electron chi connectivity index (χ3n) is 9.71. The Morgan fingerprint density at radius 1 is 1.00 bits per heavy atom. The van der Waals surface area contributed by atoms with E-state index in [-0.39, 0.29) is 54.9 Å². The van der Waals surface area contributed by atoms with Gasteiger partial charge in [-0.2, -0.15) is 0 Å². The maximum Gasteiger partial charge on any atom is 0.426 e. The van der Waals surface area contributed by atoms with E-state index < -0.39 is 30.1 Å². The zero-order valence-corrected chi connectivity index (χ0v) is 34.8. The van der Waals surface area contributed by atoms with Crippen LogP contribution < -0.4 is 21.9 Å². The Morgan fingerprint density at radius 3 is 2.41 bits per heavy atom. The van der Waals surface area contributed by atoms with E-state index in [1.165, 1.54) is 23.5 Å². The van der Waals surface area contributed by atoms with Crippen LogP contribution in [0.1, 0.15) is 119 Å². The number of ether oxygens (including phenoxy) is 4. The summed E-state index contributed by atoms with van der Waals surface area (Å²) in [5, 5.41) is 15.7. The first-order valence-corrected chi connectivity index (χ1v) is 20.9. The van der Waals surface area contributed by atoms with Gasteiger partial charge in [-0.05, 0) is 60.8 Å². The number of hydrogen-bond acceptors (Lipinski definition) is 12. The summed E-state index contributed by atoms with van der Waals surface area (Å²) in [5.41, 5.74) is 11.6. The predicted molar refractivity (Wildman–Crippen MR) is 214 cm³/mol. The summed E-state index contributed by atoms with van der Waals surface area (Å²) in [4.78, 5) is 59.6. The highest BCUT2D eigenvalue weighted by Crippen LogP contribution is 2.35. The average molecular weight is 805 g/mol. The van der Waals surface area contributed by atoms with Gasteiger partial charge in [0.1, 0.15) is 29.2 Å². The van der Waals surface area contributed by atoms with E-state index in [2.05, 4.69) is 50.8 Å². The largest absolute Gasteiger partial charge is 0.508 e. The van der Waals surface area contributed by atoms with Gasteiger partial charge >= 0.3 is 6.09 Å². The van der Waals surface area contributed by atoms with Crippen molar-refractivity contribution in [3.8, 4) is 5.75 Å². The molecule has 3 rings (SSSR count). The standard InChI is InChI=1S/C40H64N6O9S/c1-7-13-46(36(48)20-27(6)9-3)34(26(4)5)24-35(54-14-8-2)39-43-33(25-56-39)38(50)42-29-21-28-10-11-30(47)23-31(28)32(22-29)37(49)44-45-40(51)55-19-18-53-17-16-52-15-12-41/h10-11,23,25-27,29,32,34-35,47H,7-9,12-22,24,41H2,1-6H3,(H,42,50)(H,44,49)(H,45,51)/t27-,29-,32+,34?,35+/m0/s1. The van der Waals surface area contributed by atoms with Gasteiger partial charge in [0.25, 0.3) is 5.91 Å². The smallest absolute Gasteiger partial charge is 0.426 e. The topological polar surface area (TPSA) is 204 Å². The minimum absolute atomic E-state index is 0.00270. The van der Waals surface area contributed by atoms with Crippen molar-refractivity contribution in [2.75, 3.05) is 52.7 Å². The number of aromatic hydroxyl groups is 1. The molecular formula is C40H64N6O9S. The summed E-state index contributed by atoms with van der Waals surface area (Å²) in [7, 11) is 0.